The first-order chi connectivity index (χ1) is 14.9. The molecule has 4 rings (SSSR count). The quantitative estimate of drug-likeness (QED) is 0.382. The first kappa shape index (κ1) is 21.4. The normalized spacial score (nSPS) is 15.1. The van der Waals surface area contributed by atoms with Crippen molar-refractivity contribution >= 4 is 56.0 Å². The molecule has 3 N–H and O–H groups in total. The number of hydrogen-bond acceptors (Lipinski definition) is 5. The Morgan fingerprint density at radius 3 is 2.71 bits per heavy atom. The number of benzene rings is 3. The predicted octanol–water partition coefficient (Wildman–Crippen LogP) is 4.68. The number of phenols is 1. The van der Waals surface area contributed by atoms with Gasteiger partial charge in [0.1, 0.15) is 11.5 Å². The molecule has 0 fully saturated rings. The molecular formula is C22H17BrIN3O4. The van der Waals surface area contributed by atoms with Gasteiger partial charge in [0, 0.05) is 19.3 Å². The van der Waals surface area contributed by atoms with Gasteiger partial charge in [-0.05, 0) is 71.1 Å². The Balaban J connectivity index is 1.79. The van der Waals surface area contributed by atoms with Gasteiger partial charge in [-0.1, -0.05) is 28.1 Å². The van der Waals surface area contributed by atoms with Crippen LogP contribution in [0, 0.1) is 3.57 Å². The minimum atomic E-state index is -0.860. The number of nitrogens with zero attached hydrogens (tertiary/aromatic N) is 1. The fourth-order valence-corrected chi connectivity index (χ4v) is 4.30. The van der Waals surface area contributed by atoms with Crippen molar-refractivity contribution in [1.82, 2.24) is 10.4 Å². The molecule has 158 valence electrons. The molecule has 9 heteroatoms. The highest BCUT2D eigenvalue weighted by Crippen LogP contribution is 2.38. The maximum atomic E-state index is 13.4. The Hall–Kier alpha value is -2.79. The van der Waals surface area contributed by atoms with Crippen LogP contribution >= 0.6 is 38.5 Å². The standard InChI is InChI=1S/C22H17BrIN3O4/c1-31-13-7-9-19(28)16(11-13)20-25-18-8-6-12(23)10-15(18)22(30)27(20)26-21(29)14-4-2-3-5-17(14)24/h2-11,20,25,28H,1H3,(H,26,29). The Kier molecular flexibility index (Phi) is 6.05. The molecule has 1 aliphatic rings. The SMILES string of the molecule is COc1ccc(O)c(C2Nc3ccc(Br)cc3C(=O)N2NC(=O)c2ccccc2I)c1. The lowest BCUT2D eigenvalue weighted by atomic mass is 10.0. The lowest BCUT2D eigenvalue weighted by molar-refractivity contribution is 0.0488. The number of carbonyl (C=O) groups is 2. The third kappa shape index (κ3) is 4.19. The zero-order chi connectivity index (χ0) is 22.1. The van der Waals surface area contributed by atoms with E-state index in [1.165, 1.54) is 18.2 Å². The van der Waals surface area contributed by atoms with Crippen LogP contribution in [-0.4, -0.2) is 29.0 Å². The summed E-state index contributed by atoms with van der Waals surface area (Å²) in [5.41, 5.74) is 4.49. The van der Waals surface area contributed by atoms with Crippen LogP contribution in [0.3, 0.4) is 0 Å². The fourth-order valence-electron chi connectivity index (χ4n) is 3.30. The van der Waals surface area contributed by atoms with Crippen LogP contribution in [0.25, 0.3) is 0 Å². The highest BCUT2D eigenvalue weighted by atomic mass is 127. The van der Waals surface area contributed by atoms with E-state index in [1.54, 1.807) is 36.4 Å². The summed E-state index contributed by atoms with van der Waals surface area (Å²) in [6, 6.07) is 17.0. The van der Waals surface area contributed by atoms with Gasteiger partial charge in [-0.25, -0.2) is 5.01 Å². The van der Waals surface area contributed by atoms with E-state index in [-0.39, 0.29) is 5.75 Å². The summed E-state index contributed by atoms with van der Waals surface area (Å²) in [4.78, 5) is 26.4. The molecule has 1 unspecified atom stereocenters. The largest absolute Gasteiger partial charge is 0.508 e. The van der Waals surface area contributed by atoms with Crippen LogP contribution in [0.4, 0.5) is 5.69 Å². The number of nitrogens with one attached hydrogen (secondary N) is 2. The summed E-state index contributed by atoms with van der Waals surface area (Å²) in [6.45, 7) is 0. The van der Waals surface area contributed by atoms with Crippen molar-refractivity contribution < 1.29 is 19.4 Å². The maximum Gasteiger partial charge on any atom is 0.276 e. The van der Waals surface area contributed by atoms with Crippen molar-refractivity contribution in [3.63, 3.8) is 0 Å². The molecule has 2 amide bonds. The van der Waals surface area contributed by atoms with Gasteiger partial charge in [-0.2, -0.15) is 0 Å². The second-order valence-electron chi connectivity index (χ2n) is 6.76. The number of amides is 2. The van der Waals surface area contributed by atoms with E-state index in [1.807, 2.05) is 18.2 Å². The molecule has 0 saturated heterocycles. The van der Waals surface area contributed by atoms with Gasteiger partial charge >= 0.3 is 0 Å². The van der Waals surface area contributed by atoms with Gasteiger partial charge in [0.2, 0.25) is 0 Å². The second kappa shape index (κ2) is 8.75. The van der Waals surface area contributed by atoms with Crippen molar-refractivity contribution in [2.45, 2.75) is 6.17 Å². The Morgan fingerprint density at radius 1 is 1.19 bits per heavy atom. The third-order valence-electron chi connectivity index (χ3n) is 4.85. The summed E-state index contributed by atoms with van der Waals surface area (Å²) < 4.78 is 6.76. The molecule has 3 aromatic rings. The summed E-state index contributed by atoms with van der Waals surface area (Å²) in [6.07, 6.45) is -0.860. The van der Waals surface area contributed by atoms with Crippen LogP contribution in [-0.2, 0) is 0 Å². The number of hydrogen-bond donors (Lipinski definition) is 3. The van der Waals surface area contributed by atoms with Gasteiger partial charge in [0.15, 0.2) is 6.17 Å². The molecule has 0 aliphatic carbocycles. The van der Waals surface area contributed by atoms with Crippen molar-refractivity contribution in [3.8, 4) is 11.5 Å². The number of hydrazine groups is 1. The molecule has 1 heterocycles. The molecule has 3 aromatic carbocycles. The summed E-state index contributed by atoms with van der Waals surface area (Å²) >= 11 is 5.45. The number of halogens is 2. The number of rotatable bonds is 4. The topological polar surface area (TPSA) is 90.9 Å². The average Bonchev–Trinajstić information content (AvgIpc) is 2.76. The average molecular weight is 594 g/mol. The number of anilines is 1. The number of fused-ring (bicyclic) bond motifs is 1. The third-order valence-corrected chi connectivity index (χ3v) is 6.28. The Bertz CT molecular complexity index is 1190. The lowest BCUT2D eigenvalue weighted by Crippen LogP contribution is -2.53. The van der Waals surface area contributed by atoms with Crippen molar-refractivity contribution in [2.75, 3.05) is 12.4 Å². The molecule has 1 aliphatic heterocycles. The summed E-state index contributed by atoms with van der Waals surface area (Å²) in [5, 5.41) is 14.9. The van der Waals surface area contributed by atoms with E-state index in [0.29, 0.717) is 28.1 Å². The Labute approximate surface area is 200 Å². The summed E-state index contributed by atoms with van der Waals surface area (Å²) in [5.74, 6) is -0.389. The smallest absolute Gasteiger partial charge is 0.276 e. The fraction of sp³-hybridized carbons (Fsp3) is 0.0909. The van der Waals surface area contributed by atoms with Crippen LogP contribution in [0.1, 0.15) is 32.4 Å². The van der Waals surface area contributed by atoms with E-state index in [4.69, 9.17) is 4.74 Å². The Morgan fingerprint density at radius 2 is 1.97 bits per heavy atom. The number of aromatic hydroxyl groups is 1. The van der Waals surface area contributed by atoms with E-state index in [0.717, 1.165) is 8.04 Å². The molecular weight excluding hydrogens is 577 g/mol. The van der Waals surface area contributed by atoms with E-state index < -0.39 is 18.0 Å². The lowest BCUT2D eigenvalue weighted by Gasteiger charge is -2.38. The van der Waals surface area contributed by atoms with Gasteiger partial charge in [0.05, 0.1) is 18.2 Å². The number of methoxy groups -OCH3 is 1. The molecule has 1 atom stereocenters. The molecule has 0 bridgehead atoms. The van der Waals surface area contributed by atoms with E-state index >= 15 is 0 Å². The highest BCUT2D eigenvalue weighted by molar-refractivity contribution is 14.1. The number of phenolic OH excluding ortho intramolecular Hbond substituents is 1. The van der Waals surface area contributed by atoms with Crippen molar-refractivity contribution in [1.29, 1.82) is 0 Å². The molecule has 0 aromatic heterocycles. The summed E-state index contributed by atoms with van der Waals surface area (Å²) in [7, 11) is 1.51. The van der Waals surface area contributed by atoms with Gasteiger partial charge in [-0.3, -0.25) is 15.0 Å². The maximum absolute atomic E-state index is 13.4. The number of ether oxygens (including phenoxy) is 1. The van der Waals surface area contributed by atoms with Crippen molar-refractivity contribution in [2.24, 2.45) is 0 Å². The monoisotopic (exact) mass is 593 g/mol. The second-order valence-corrected chi connectivity index (χ2v) is 8.84. The van der Waals surface area contributed by atoms with Crippen LogP contribution in [0.15, 0.2) is 65.1 Å². The highest BCUT2D eigenvalue weighted by Gasteiger charge is 2.36. The molecule has 31 heavy (non-hydrogen) atoms. The minimum Gasteiger partial charge on any atom is -0.508 e. The first-order valence-corrected chi connectivity index (χ1v) is 11.1. The van der Waals surface area contributed by atoms with Crippen LogP contribution in [0.5, 0.6) is 11.5 Å². The molecule has 7 nitrogen and oxygen atoms in total. The zero-order valence-electron chi connectivity index (χ0n) is 16.2. The van der Waals surface area contributed by atoms with Gasteiger partial charge in [-0.15, -0.1) is 0 Å². The van der Waals surface area contributed by atoms with Gasteiger partial charge in [0.25, 0.3) is 11.8 Å². The predicted molar refractivity (Wildman–Crippen MR) is 128 cm³/mol. The van der Waals surface area contributed by atoms with Crippen molar-refractivity contribution in [3.05, 3.63) is 85.4 Å². The molecule has 0 spiro atoms. The van der Waals surface area contributed by atoms with E-state index in [9.17, 15) is 14.7 Å². The van der Waals surface area contributed by atoms with Crippen LogP contribution in [0.2, 0.25) is 0 Å². The van der Waals surface area contributed by atoms with Crippen LogP contribution < -0.4 is 15.5 Å². The minimum absolute atomic E-state index is 0.0415. The van der Waals surface area contributed by atoms with Gasteiger partial charge < -0.3 is 15.2 Å². The zero-order valence-corrected chi connectivity index (χ0v) is 20.0. The van der Waals surface area contributed by atoms with E-state index in [2.05, 4.69) is 49.3 Å². The molecule has 0 saturated carbocycles. The molecule has 0 radical (unpaired) electrons. The first-order valence-electron chi connectivity index (χ1n) is 9.21. The number of carbonyl (C=O) groups excluding carboxylic acids is 2.